The fourth-order valence-corrected chi connectivity index (χ4v) is 2.12. The molecule has 0 aliphatic carbocycles. The highest BCUT2D eigenvalue weighted by molar-refractivity contribution is 6.32. The van der Waals surface area contributed by atoms with E-state index in [4.69, 9.17) is 21.6 Å². The van der Waals surface area contributed by atoms with Crippen LogP contribution in [0.25, 0.3) is 0 Å². The Labute approximate surface area is 130 Å². The van der Waals surface area contributed by atoms with Crippen LogP contribution in [-0.2, 0) is 17.9 Å². The van der Waals surface area contributed by atoms with Crippen LogP contribution in [0.5, 0.6) is 0 Å². The molecule has 0 heterocycles. The summed E-state index contributed by atoms with van der Waals surface area (Å²) >= 11 is 6.00. The Hall–Kier alpha value is -2.02. The van der Waals surface area contributed by atoms with Crippen molar-refractivity contribution in [2.45, 2.75) is 20.1 Å². The Balaban J connectivity index is 1.93. The average Bonchev–Trinajstić information content (AvgIpc) is 2.52. The molecule has 0 atom stereocenters. The topological polar surface area (TPSA) is 45.0 Å². The summed E-state index contributed by atoms with van der Waals surface area (Å²) in [6.07, 6.45) is 0. The minimum absolute atomic E-state index is 0.467. The second-order valence-corrected chi connectivity index (χ2v) is 5.02. The van der Waals surface area contributed by atoms with E-state index in [1.807, 2.05) is 19.1 Å². The minimum Gasteiger partial charge on any atom is -0.381 e. The number of benzene rings is 2. The van der Waals surface area contributed by atoms with E-state index in [1.54, 1.807) is 12.1 Å². The highest BCUT2D eigenvalue weighted by Crippen LogP contribution is 2.20. The van der Waals surface area contributed by atoms with Crippen molar-refractivity contribution in [2.75, 3.05) is 11.9 Å². The van der Waals surface area contributed by atoms with Gasteiger partial charge in [-0.3, -0.25) is 0 Å². The van der Waals surface area contributed by atoms with Gasteiger partial charge < -0.3 is 10.1 Å². The molecule has 21 heavy (non-hydrogen) atoms. The van der Waals surface area contributed by atoms with Gasteiger partial charge in [-0.15, -0.1) is 0 Å². The second-order valence-electron chi connectivity index (χ2n) is 4.61. The number of nitrogens with one attached hydrogen (secondary N) is 1. The molecule has 0 aliphatic rings. The zero-order valence-electron chi connectivity index (χ0n) is 11.9. The lowest BCUT2D eigenvalue weighted by atomic mass is 10.1. The number of ether oxygens (including phenoxy) is 1. The maximum atomic E-state index is 8.84. The van der Waals surface area contributed by atoms with E-state index in [2.05, 4.69) is 29.6 Å². The molecule has 2 aromatic rings. The van der Waals surface area contributed by atoms with Crippen LogP contribution in [0.2, 0.25) is 5.02 Å². The van der Waals surface area contributed by atoms with Crippen LogP contribution < -0.4 is 5.32 Å². The first kappa shape index (κ1) is 15.4. The van der Waals surface area contributed by atoms with E-state index in [-0.39, 0.29) is 0 Å². The summed E-state index contributed by atoms with van der Waals surface area (Å²) < 4.78 is 5.37. The maximum absolute atomic E-state index is 8.84. The average molecular weight is 301 g/mol. The van der Waals surface area contributed by atoms with Crippen molar-refractivity contribution in [3.63, 3.8) is 0 Å². The molecule has 1 N–H and O–H groups in total. The van der Waals surface area contributed by atoms with Gasteiger partial charge in [0, 0.05) is 18.8 Å². The van der Waals surface area contributed by atoms with Crippen LogP contribution in [0, 0.1) is 11.3 Å². The summed E-state index contributed by atoms with van der Waals surface area (Å²) in [6, 6.07) is 15.7. The van der Waals surface area contributed by atoms with E-state index in [1.165, 1.54) is 11.1 Å². The fraction of sp³-hybridized carbons (Fsp3) is 0.235. The van der Waals surface area contributed by atoms with E-state index < -0.39 is 0 Å². The van der Waals surface area contributed by atoms with Crippen LogP contribution in [0.3, 0.4) is 0 Å². The van der Waals surface area contributed by atoms with Crippen molar-refractivity contribution >= 4 is 17.3 Å². The number of rotatable bonds is 6. The monoisotopic (exact) mass is 300 g/mol. The van der Waals surface area contributed by atoms with Gasteiger partial charge in [-0.05, 0) is 36.2 Å². The summed E-state index contributed by atoms with van der Waals surface area (Å²) in [5.74, 6) is 0. The fourth-order valence-electron chi connectivity index (χ4n) is 1.89. The molecule has 0 saturated carbocycles. The molecule has 4 heteroatoms. The molecular weight excluding hydrogens is 284 g/mol. The predicted octanol–water partition coefficient (Wildman–Crippen LogP) is 4.36. The Morgan fingerprint density at radius 2 is 1.86 bits per heavy atom. The molecule has 0 aliphatic heterocycles. The lowest BCUT2D eigenvalue weighted by molar-refractivity contribution is 0.134. The van der Waals surface area contributed by atoms with E-state index in [0.717, 1.165) is 12.3 Å². The minimum atomic E-state index is 0.467. The number of hydrogen-bond donors (Lipinski definition) is 1. The number of anilines is 1. The van der Waals surface area contributed by atoms with E-state index in [0.29, 0.717) is 23.7 Å². The molecule has 0 radical (unpaired) electrons. The third-order valence-corrected chi connectivity index (χ3v) is 3.39. The van der Waals surface area contributed by atoms with Gasteiger partial charge >= 0.3 is 0 Å². The molecule has 0 bridgehead atoms. The van der Waals surface area contributed by atoms with Gasteiger partial charge in [-0.25, -0.2) is 0 Å². The second kappa shape index (κ2) is 7.68. The van der Waals surface area contributed by atoms with Gasteiger partial charge in [0.25, 0.3) is 0 Å². The largest absolute Gasteiger partial charge is 0.381 e. The van der Waals surface area contributed by atoms with Crippen molar-refractivity contribution in [1.29, 1.82) is 5.26 Å². The Morgan fingerprint density at radius 1 is 1.14 bits per heavy atom. The summed E-state index contributed by atoms with van der Waals surface area (Å²) in [5.41, 5.74) is 3.73. The van der Waals surface area contributed by atoms with Gasteiger partial charge in [-0.2, -0.15) is 5.26 Å². The van der Waals surface area contributed by atoms with Crippen LogP contribution in [0.4, 0.5) is 5.69 Å². The molecule has 0 unspecified atom stereocenters. The molecule has 108 valence electrons. The molecule has 0 fully saturated rings. The van der Waals surface area contributed by atoms with Gasteiger partial charge in [0.05, 0.1) is 17.2 Å². The van der Waals surface area contributed by atoms with Crippen molar-refractivity contribution in [3.8, 4) is 6.07 Å². The van der Waals surface area contributed by atoms with Gasteiger partial charge in [0.15, 0.2) is 0 Å². The first-order valence-corrected chi connectivity index (χ1v) is 7.20. The van der Waals surface area contributed by atoms with Crippen molar-refractivity contribution in [1.82, 2.24) is 0 Å². The predicted molar refractivity (Wildman–Crippen MR) is 85.3 cm³/mol. The van der Waals surface area contributed by atoms with Gasteiger partial charge in [-0.1, -0.05) is 35.9 Å². The highest BCUT2D eigenvalue weighted by Gasteiger charge is 2.01. The molecule has 0 spiro atoms. The number of nitriles is 1. The zero-order valence-corrected chi connectivity index (χ0v) is 12.7. The van der Waals surface area contributed by atoms with Crippen LogP contribution in [0.1, 0.15) is 23.6 Å². The quantitative estimate of drug-likeness (QED) is 0.862. The SMILES string of the molecule is CCOCc1ccc(CNc2ccc(C#N)c(Cl)c2)cc1. The first-order chi connectivity index (χ1) is 10.2. The lowest BCUT2D eigenvalue weighted by Crippen LogP contribution is -2.00. The Morgan fingerprint density at radius 3 is 2.48 bits per heavy atom. The van der Waals surface area contributed by atoms with Crippen molar-refractivity contribution < 1.29 is 4.74 Å². The van der Waals surface area contributed by atoms with Crippen LogP contribution in [-0.4, -0.2) is 6.61 Å². The standard InChI is InChI=1S/C17H17ClN2O/c1-2-21-12-14-5-3-13(4-6-14)11-20-16-8-7-15(10-19)17(18)9-16/h3-9,20H,2,11-12H2,1H3. The molecule has 0 aromatic heterocycles. The number of halogens is 1. The summed E-state index contributed by atoms with van der Waals surface area (Å²) in [5, 5.41) is 12.6. The van der Waals surface area contributed by atoms with Crippen molar-refractivity contribution in [3.05, 3.63) is 64.2 Å². The number of nitrogens with zero attached hydrogens (tertiary/aromatic N) is 1. The van der Waals surface area contributed by atoms with Crippen LogP contribution in [0.15, 0.2) is 42.5 Å². The van der Waals surface area contributed by atoms with Crippen LogP contribution >= 0.6 is 11.6 Å². The molecule has 0 saturated heterocycles. The first-order valence-electron chi connectivity index (χ1n) is 6.82. The molecule has 3 nitrogen and oxygen atoms in total. The zero-order chi connectivity index (χ0) is 15.1. The van der Waals surface area contributed by atoms with E-state index >= 15 is 0 Å². The Bertz CT molecular complexity index is 632. The summed E-state index contributed by atoms with van der Waals surface area (Å²) in [6.45, 7) is 4.07. The van der Waals surface area contributed by atoms with E-state index in [9.17, 15) is 0 Å². The number of hydrogen-bond acceptors (Lipinski definition) is 3. The Kier molecular flexibility index (Phi) is 5.62. The van der Waals surface area contributed by atoms with Crippen molar-refractivity contribution in [2.24, 2.45) is 0 Å². The summed E-state index contributed by atoms with van der Waals surface area (Å²) in [7, 11) is 0. The molecule has 2 rings (SSSR count). The maximum Gasteiger partial charge on any atom is 0.101 e. The summed E-state index contributed by atoms with van der Waals surface area (Å²) in [4.78, 5) is 0. The molecule has 0 amide bonds. The van der Waals surface area contributed by atoms with Gasteiger partial charge in [0.1, 0.15) is 6.07 Å². The lowest BCUT2D eigenvalue weighted by Gasteiger charge is -2.08. The molecule has 2 aromatic carbocycles. The smallest absolute Gasteiger partial charge is 0.101 e. The van der Waals surface area contributed by atoms with Gasteiger partial charge in [0.2, 0.25) is 0 Å². The normalized spacial score (nSPS) is 10.1. The third kappa shape index (κ3) is 4.49. The molecular formula is C17H17ClN2O. The third-order valence-electron chi connectivity index (χ3n) is 3.08. The highest BCUT2D eigenvalue weighted by atomic mass is 35.5.